The molecule has 0 aliphatic carbocycles. The minimum absolute atomic E-state index is 0.191. The van der Waals surface area contributed by atoms with Gasteiger partial charge in [0.05, 0.1) is 0 Å². The van der Waals surface area contributed by atoms with Gasteiger partial charge in [0, 0.05) is 13.1 Å². The van der Waals surface area contributed by atoms with E-state index in [9.17, 15) is 4.79 Å². The Bertz CT molecular complexity index is 374. The molecule has 1 aliphatic heterocycles. The summed E-state index contributed by atoms with van der Waals surface area (Å²) < 4.78 is 5.68. The topological polar surface area (TPSA) is 76.1 Å². The number of piperidine rings is 1. The quantitative estimate of drug-likeness (QED) is 0.770. The highest BCUT2D eigenvalue weighted by molar-refractivity contribution is 5.91. The molecule has 1 aliphatic rings. The fraction of sp³-hybridized carbons (Fsp3) is 0.545. The highest BCUT2D eigenvalue weighted by Crippen LogP contribution is 2.13. The first-order chi connectivity index (χ1) is 8.29. The molecule has 1 aromatic heterocycles. The van der Waals surface area contributed by atoms with Crippen LogP contribution in [0.1, 0.15) is 23.3 Å². The number of carbonyl (C=O) groups is 1. The first-order valence-corrected chi connectivity index (χ1v) is 5.73. The minimum Gasteiger partial charge on any atom is -0.473 e. The lowest BCUT2D eigenvalue weighted by molar-refractivity contribution is 0.0956. The number of amides is 1. The van der Waals surface area contributed by atoms with Crippen LogP contribution in [0, 0.1) is 0 Å². The zero-order valence-electron chi connectivity index (χ0n) is 9.77. The van der Waals surface area contributed by atoms with Crippen LogP contribution in [-0.4, -0.2) is 42.3 Å². The third-order valence-electron chi connectivity index (χ3n) is 2.67. The number of ether oxygens (including phenoxy) is 1. The second-order valence-corrected chi connectivity index (χ2v) is 3.90. The maximum absolute atomic E-state index is 11.3. The van der Waals surface area contributed by atoms with E-state index >= 15 is 0 Å². The van der Waals surface area contributed by atoms with Gasteiger partial charge < -0.3 is 15.4 Å². The lowest BCUT2D eigenvalue weighted by atomic mass is 10.1. The van der Waals surface area contributed by atoms with Crippen LogP contribution in [0.5, 0.6) is 5.88 Å². The number of carbonyl (C=O) groups excluding carboxylic acids is 1. The van der Waals surface area contributed by atoms with Gasteiger partial charge in [0.1, 0.15) is 6.10 Å². The molecular weight excluding hydrogens is 220 g/mol. The van der Waals surface area contributed by atoms with Crippen LogP contribution in [0.3, 0.4) is 0 Å². The summed E-state index contributed by atoms with van der Waals surface area (Å²) in [4.78, 5) is 11.3. The van der Waals surface area contributed by atoms with Crippen molar-refractivity contribution in [2.45, 2.75) is 18.9 Å². The number of nitrogens with zero attached hydrogens (tertiary/aromatic N) is 2. The van der Waals surface area contributed by atoms with Crippen LogP contribution in [-0.2, 0) is 0 Å². The van der Waals surface area contributed by atoms with Crippen LogP contribution in [0.4, 0.5) is 0 Å². The second-order valence-electron chi connectivity index (χ2n) is 3.90. The van der Waals surface area contributed by atoms with Crippen molar-refractivity contribution in [1.82, 2.24) is 20.8 Å². The molecule has 1 aromatic rings. The molecule has 0 atom stereocenters. The zero-order valence-corrected chi connectivity index (χ0v) is 9.77. The van der Waals surface area contributed by atoms with Crippen molar-refractivity contribution in [1.29, 1.82) is 0 Å². The van der Waals surface area contributed by atoms with E-state index in [1.54, 1.807) is 19.2 Å². The van der Waals surface area contributed by atoms with Crippen LogP contribution in [0.25, 0.3) is 0 Å². The maximum Gasteiger partial charge on any atom is 0.271 e. The molecule has 2 heterocycles. The van der Waals surface area contributed by atoms with Gasteiger partial charge in [-0.1, -0.05) is 0 Å². The molecule has 1 saturated heterocycles. The van der Waals surface area contributed by atoms with Gasteiger partial charge >= 0.3 is 0 Å². The Morgan fingerprint density at radius 2 is 2.18 bits per heavy atom. The summed E-state index contributed by atoms with van der Waals surface area (Å²) in [5, 5.41) is 13.5. The van der Waals surface area contributed by atoms with E-state index in [1.807, 2.05) is 0 Å². The van der Waals surface area contributed by atoms with Crippen molar-refractivity contribution in [2.24, 2.45) is 0 Å². The molecule has 1 fully saturated rings. The number of hydrogen-bond donors (Lipinski definition) is 2. The average Bonchev–Trinajstić information content (AvgIpc) is 2.40. The van der Waals surface area contributed by atoms with E-state index < -0.39 is 0 Å². The van der Waals surface area contributed by atoms with Crippen molar-refractivity contribution in [3.8, 4) is 5.88 Å². The summed E-state index contributed by atoms with van der Waals surface area (Å²) in [6.45, 7) is 1.93. The summed E-state index contributed by atoms with van der Waals surface area (Å²) in [6.07, 6.45) is 2.13. The Labute approximate surface area is 99.8 Å². The Morgan fingerprint density at radius 3 is 2.76 bits per heavy atom. The summed E-state index contributed by atoms with van der Waals surface area (Å²) in [7, 11) is 1.56. The average molecular weight is 236 g/mol. The molecule has 92 valence electrons. The van der Waals surface area contributed by atoms with E-state index in [1.165, 1.54) is 0 Å². The van der Waals surface area contributed by atoms with Crippen molar-refractivity contribution >= 4 is 5.91 Å². The van der Waals surface area contributed by atoms with Gasteiger partial charge in [-0.3, -0.25) is 4.79 Å². The molecule has 0 bridgehead atoms. The standard InChI is InChI=1S/C11H16N4O2/c1-12-11(16)9-2-3-10(15-14-9)17-8-4-6-13-7-5-8/h2-3,8,13H,4-7H2,1H3,(H,12,16). The summed E-state index contributed by atoms with van der Waals surface area (Å²) >= 11 is 0. The van der Waals surface area contributed by atoms with E-state index in [4.69, 9.17) is 4.74 Å². The third kappa shape index (κ3) is 3.13. The molecule has 0 radical (unpaired) electrons. The van der Waals surface area contributed by atoms with Crippen LogP contribution in [0.2, 0.25) is 0 Å². The van der Waals surface area contributed by atoms with E-state index in [2.05, 4.69) is 20.8 Å². The Morgan fingerprint density at radius 1 is 1.41 bits per heavy atom. The molecule has 17 heavy (non-hydrogen) atoms. The van der Waals surface area contributed by atoms with E-state index in [0.29, 0.717) is 11.6 Å². The first-order valence-electron chi connectivity index (χ1n) is 5.73. The summed E-state index contributed by atoms with van der Waals surface area (Å²) in [5.74, 6) is 0.232. The van der Waals surface area contributed by atoms with Gasteiger partial charge in [-0.2, -0.15) is 0 Å². The monoisotopic (exact) mass is 236 g/mol. The lowest BCUT2D eigenvalue weighted by Crippen LogP contribution is -2.34. The van der Waals surface area contributed by atoms with Gasteiger partial charge in [0.25, 0.3) is 5.91 Å². The maximum atomic E-state index is 11.3. The Hall–Kier alpha value is -1.69. The van der Waals surface area contributed by atoms with Gasteiger partial charge in [-0.25, -0.2) is 0 Å². The van der Waals surface area contributed by atoms with Gasteiger partial charge in [-0.05, 0) is 32.0 Å². The van der Waals surface area contributed by atoms with Crippen molar-refractivity contribution < 1.29 is 9.53 Å². The molecule has 2 rings (SSSR count). The fourth-order valence-electron chi connectivity index (χ4n) is 1.72. The lowest BCUT2D eigenvalue weighted by Gasteiger charge is -2.22. The normalized spacial score (nSPS) is 16.5. The minimum atomic E-state index is -0.245. The predicted molar refractivity (Wildman–Crippen MR) is 61.9 cm³/mol. The molecule has 6 heteroatoms. The SMILES string of the molecule is CNC(=O)c1ccc(OC2CCNCC2)nn1. The molecular formula is C11H16N4O2. The first kappa shape index (κ1) is 11.8. The highest BCUT2D eigenvalue weighted by Gasteiger charge is 2.15. The number of nitrogens with one attached hydrogen (secondary N) is 2. The summed E-state index contributed by atoms with van der Waals surface area (Å²) in [6, 6.07) is 3.29. The van der Waals surface area contributed by atoms with Crippen molar-refractivity contribution in [3.05, 3.63) is 17.8 Å². The largest absolute Gasteiger partial charge is 0.473 e. The van der Waals surface area contributed by atoms with Gasteiger partial charge in [-0.15, -0.1) is 10.2 Å². The van der Waals surface area contributed by atoms with Crippen LogP contribution < -0.4 is 15.4 Å². The smallest absolute Gasteiger partial charge is 0.271 e. The summed E-state index contributed by atoms with van der Waals surface area (Å²) in [5.41, 5.74) is 0.296. The molecule has 0 unspecified atom stereocenters. The molecule has 0 aromatic carbocycles. The van der Waals surface area contributed by atoms with Crippen molar-refractivity contribution in [3.63, 3.8) is 0 Å². The Kier molecular flexibility index (Phi) is 3.87. The number of rotatable bonds is 3. The number of aromatic nitrogens is 2. The van der Waals surface area contributed by atoms with Crippen LogP contribution in [0.15, 0.2) is 12.1 Å². The van der Waals surface area contributed by atoms with E-state index in [-0.39, 0.29) is 12.0 Å². The third-order valence-corrected chi connectivity index (χ3v) is 2.67. The van der Waals surface area contributed by atoms with E-state index in [0.717, 1.165) is 25.9 Å². The molecule has 6 nitrogen and oxygen atoms in total. The number of hydrogen-bond acceptors (Lipinski definition) is 5. The molecule has 2 N–H and O–H groups in total. The second kappa shape index (κ2) is 5.58. The highest BCUT2D eigenvalue weighted by atomic mass is 16.5. The van der Waals surface area contributed by atoms with Gasteiger partial charge in [0.2, 0.25) is 5.88 Å². The molecule has 0 saturated carbocycles. The Balaban J connectivity index is 1.95. The van der Waals surface area contributed by atoms with Crippen molar-refractivity contribution in [2.75, 3.05) is 20.1 Å². The fourth-order valence-corrected chi connectivity index (χ4v) is 1.72. The molecule has 1 amide bonds. The van der Waals surface area contributed by atoms with Crippen LogP contribution >= 0.6 is 0 Å². The van der Waals surface area contributed by atoms with Gasteiger partial charge in [0.15, 0.2) is 5.69 Å². The zero-order chi connectivity index (χ0) is 12.1. The predicted octanol–water partition coefficient (Wildman–Crippen LogP) is -0.0330. The molecule has 0 spiro atoms.